The van der Waals surface area contributed by atoms with Gasteiger partial charge >= 0.3 is 0 Å². The molecule has 0 unspecified atom stereocenters. The molecule has 0 bridgehead atoms. The molecular formula is C21H27N3O. The van der Waals surface area contributed by atoms with Gasteiger partial charge in [0.15, 0.2) is 0 Å². The number of nitrogens with two attached hydrogens (primary N) is 1. The van der Waals surface area contributed by atoms with Crippen LogP contribution in [0.4, 0.5) is 11.4 Å². The summed E-state index contributed by atoms with van der Waals surface area (Å²) in [5, 5.41) is 10.7. The Morgan fingerprint density at radius 3 is 2.40 bits per heavy atom. The van der Waals surface area contributed by atoms with Crippen molar-refractivity contribution >= 4 is 11.4 Å². The summed E-state index contributed by atoms with van der Waals surface area (Å²) in [5.41, 5.74) is 11.9. The van der Waals surface area contributed by atoms with Crippen molar-refractivity contribution in [2.45, 2.75) is 31.9 Å². The van der Waals surface area contributed by atoms with E-state index in [4.69, 9.17) is 5.73 Å². The number of aliphatic hydroxyl groups excluding tert-OH is 1. The van der Waals surface area contributed by atoms with Crippen molar-refractivity contribution in [2.75, 3.05) is 36.8 Å². The van der Waals surface area contributed by atoms with E-state index in [0.29, 0.717) is 6.42 Å². The average Bonchev–Trinajstić information content (AvgIpc) is 2.63. The van der Waals surface area contributed by atoms with E-state index in [-0.39, 0.29) is 12.1 Å². The molecule has 0 amide bonds. The monoisotopic (exact) mass is 337 g/mol. The first kappa shape index (κ1) is 16.4. The molecule has 1 heterocycles. The summed E-state index contributed by atoms with van der Waals surface area (Å²) >= 11 is 0. The molecule has 2 aromatic rings. The molecule has 2 aliphatic rings. The lowest BCUT2D eigenvalue weighted by molar-refractivity contribution is 0.0397. The van der Waals surface area contributed by atoms with Gasteiger partial charge in [0.25, 0.3) is 0 Å². The van der Waals surface area contributed by atoms with E-state index >= 15 is 0 Å². The number of hydrogen-bond donors (Lipinski definition) is 2. The van der Waals surface area contributed by atoms with Gasteiger partial charge < -0.3 is 15.7 Å². The highest BCUT2D eigenvalue weighted by Gasteiger charge is 2.33. The third kappa shape index (κ3) is 3.24. The highest BCUT2D eigenvalue weighted by molar-refractivity contribution is 5.53. The van der Waals surface area contributed by atoms with Crippen molar-refractivity contribution < 1.29 is 5.11 Å². The lowest BCUT2D eigenvalue weighted by atomic mass is 9.84. The topological polar surface area (TPSA) is 52.7 Å². The number of piperazine rings is 1. The Balaban J connectivity index is 1.43. The van der Waals surface area contributed by atoms with Gasteiger partial charge in [-0.05, 0) is 42.7 Å². The van der Waals surface area contributed by atoms with Crippen LogP contribution in [0.3, 0.4) is 0 Å². The first-order chi connectivity index (χ1) is 12.1. The first-order valence-corrected chi connectivity index (χ1v) is 9.22. The van der Waals surface area contributed by atoms with E-state index in [1.807, 2.05) is 12.1 Å². The minimum atomic E-state index is -0.330. The number of aliphatic hydroxyl groups is 1. The van der Waals surface area contributed by atoms with Gasteiger partial charge in [-0.25, -0.2) is 0 Å². The lowest BCUT2D eigenvalue weighted by Gasteiger charge is -2.43. The van der Waals surface area contributed by atoms with Crippen LogP contribution in [0.15, 0.2) is 42.5 Å². The molecule has 1 fully saturated rings. The molecule has 1 aliphatic carbocycles. The van der Waals surface area contributed by atoms with Crippen LogP contribution in [0, 0.1) is 6.92 Å². The molecule has 0 spiro atoms. The minimum Gasteiger partial charge on any atom is -0.398 e. The van der Waals surface area contributed by atoms with Gasteiger partial charge in [0, 0.05) is 50.0 Å². The fourth-order valence-electron chi connectivity index (χ4n) is 4.24. The molecule has 25 heavy (non-hydrogen) atoms. The number of rotatable bonds is 2. The second-order valence-corrected chi connectivity index (χ2v) is 7.39. The quantitative estimate of drug-likeness (QED) is 0.825. The van der Waals surface area contributed by atoms with E-state index in [1.165, 1.54) is 16.8 Å². The van der Waals surface area contributed by atoms with Crippen LogP contribution < -0.4 is 10.6 Å². The summed E-state index contributed by atoms with van der Waals surface area (Å²) in [6.45, 7) is 6.13. The van der Waals surface area contributed by atoms with Gasteiger partial charge in [-0.1, -0.05) is 29.8 Å². The van der Waals surface area contributed by atoms with Gasteiger partial charge in [-0.3, -0.25) is 4.90 Å². The Labute approximate surface area is 149 Å². The van der Waals surface area contributed by atoms with Crippen molar-refractivity contribution in [1.29, 1.82) is 0 Å². The molecule has 0 aromatic heterocycles. The zero-order valence-electron chi connectivity index (χ0n) is 14.9. The van der Waals surface area contributed by atoms with Crippen LogP contribution in [-0.2, 0) is 12.8 Å². The van der Waals surface area contributed by atoms with Crippen LogP contribution >= 0.6 is 0 Å². The van der Waals surface area contributed by atoms with E-state index in [1.54, 1.807) is 0 Å². The van der Waals surface area contributed by atoms with Crippen molar-refractivity contribution in [2.24, 2.45) is 0 Å². The Hall–Kier alpha value is -2.04. The van der Waals surface area contributed by atoms with Crippen LogP contribution in [0.5, 0.6) is 0 Å². The molecule has 4 heteroatoms. The smallest absolute Gasteiger partial charge is 0.0739 e. The molecule has 2 atom stereocenters. The maximum atomic E-state index is 10.7. The van der Waals surface area contributed by atoms with E-state index in [9.17, 15) is 5.11 Å². The highest BCUT2D eigenvalue weighted by atomic mass is 16.3. The van der Waals surface area contributed by atoms with Crippen molar-refractivity contribution in [3.63, 3.8) is 0 Å². The van der Waals surface area contributed by atoms with Gasteiger partial charge in [-0.2, -0.15) is 0 Å². The predicted octanol–water partition coefficient (Wildman–Crippen LogP) is 2.23. The minimum absolute atomic E-state index is 0.203. The SMILES string of the molecule is Cc1ccc(N2CCN([C@@H]3Cc4cccc(N)c4C[C@H]3O)CC2)cc1. The summed E-state index contributed by atoms with van der Waals surface area (Å²) in [4.78, 5) is 4.90. The average molecular weight is 337 g/mol. The summed E-state index contributed by atoms with van der Waals surface area (Å²) in [6, 6.07) is 15.1. The summed E-state index contributed by atoms with van der Waals surface area (Å²) in [6.07, 6.45) is 1.24. The number of fused-ring (bicyclic) bond motifs is 1. The Bertz CT molecular complexity index is 735. The Morgan fingerprint density at radius 1 is 0.960 bits per heavy atom. The first-order valence-electron chi connectivity index (χ1n) is 9.22. The molecular weight excluding hydrogens is 310 g/mol. The molecule has 3 N–H and O–H groups in total. The number of nitrogen functional groups attached to an aromatic ring is 1. The molecule has 1 aliphatic heterocycles. The largest absolute Gasteiger partial charge is 0.398 e. The van der Waals surface area contributed by atoms with Gasteiger partial charge in [-0.15, -0.1) is 0 Å². The van der Waals surface area contributed by atoms with E-state index < -0.39 is 0 Å². The van der Waals surface area contributed by atoms with Gasteiger partial charge in [0.05, 0.1) is 6.10 Å². The van der Waals surface area contributed by atoms with Crippen molar-refractivity contribution in [3.05, 3.63) is 59.2 Å². The molecule has 4 nitrogen and oxygen atoms in total. The fraction of sp³-hybridized carbons (Fsp3) is 0.429. The highest BCUT2D eigenvalue weighted by Crippen LogP contribution is 2.29. The second kappa shape index (κ2) is 6.70. The zero-order chi connectivity index (χ0) is 17.4. The number of aryl methyl sites for hydroxylation is 1. The molecule has 0 saturated carbocycles. The molecule has 132 valence electrons. The van der Waals surface area contributed by atoms with E-state index in [2.05, 4.69) is 47.1 Å². The molecule has 1 saturated heterocycles. The number of hydrogen-bond acceptors (Lipinski definition) is 4. The third-order valence-corrected chi connectivity index (χ3v) is 5.78. The van der Waals surface area contributed by atoms with Crippen LogP contribution in [0.1, 0.15) is 16.7 Å². The standard InChI is InChI=1S/C21H27N3O/c1-15-5-7-17(8-6-15)23-9-11-24(12-10-23)20-13-16-3-2-4-19(22)18(16)14-21(20)25/h2-8,20-21,25H,9-14,22H2,1H3/t20-,21-/m1/s1. The van der Waals surface area contributed by atoms with Crippen LogP contribution in [0.25, 0.3) is 0 Å². The third-order valence-electron chi connectivity index (χ3n) is 5.78. The fourth-order valence-corrected chi connectivity index (χ4v) is 4.24. The van der Waals surface area contributed by atoms with Crippen LogP contribution in [0.2, 0.25) is 0 Å². The number of benzene rings is 2. The molecule has 2 aromatic carbocycles. The van der Waals surface area contributed by atoms with Crippen LogP contribution in [-0.4, -0.2) is 48.3 Å². The summed E-state index contributed by atoms with van der Waals surface area (Å²) < 4.78 is 0. The maximum Gasteiger partial charge on any atom is 0.0739 e. The maximum absolute atomic E-state index is 10.7. The molecule has 0 radical (unpaired) electrons. The van der Waals surface area contributed by atoms with Gasteiger partial charge in [0.2, 0.25) is 0 Å². The van der Waals surface area contributed by atoms with Crippen molar-refractivity contribution in [1.82, 2.24) is 4.90 Å². The Morgan fingerprint density at radius 2 is 1.68 bits per heavy atom. The molecule has 4 rings (SSSR count). The van der Waals surface area contributed by atoms with Gasteiger partial charge in [0.1, 0.15) is 0 Å². The summed E-state index contributed by atoms with van der Waals surface area (Å²) in [7, 11) is 0. The lowest BCUT2D eigenvalue weighted by Crippen LogP contribution is -2.56. The summed E-state index contributed by atoms with van der Waals surface area (Å²) in [5.74, 6) is 0. The zero-order valence-corrected chi connectivity index (χ0v) is 14.9. The Kier molecular flexibility index (Phi) is 4.40. The normalized spacial score (nSPS) is 24.2. The number of anilines is 2. The van der Waals surface area contributed by atoms with E-state index in [0.717, 1.165) is 43.9 Å². The second-order valence-electron chi connectivity index (χ2n) is 7.39. The predicted molar refractivity (Wildman–Crippen MR) is 103 cm³/mol. The van der Waals surface area contributed by atoms with Crippen molar-refractivity contribution in [3.8, 4) is 0 Å². The number of nitrogens with zero attached hydrogens (tertiary/aromatic N) is 2.